The first kappa shape index (κ1) is 21.3. The number of benzene rings is 3. The first-order chi connectivity index (χ1) is 15.7. The highest BCUT2D eigenvalue weighted by molar-refractivity contribution is 5.93. The molecule has 3 aromatic carbocycles. The summed E-state index contributed by atoms with van der Waals surface area (Å²) in [5.41, 5.74) is 3.12. The molecule has 0 aliphatic carbocycles. The first-order valence-corrected chi connectivity index (χ1v) is 10.7. The van der Waals surface area contributed by atoms with Crippen LogP contribution in [0.4, 0.5) is 4.79 Å². The molecule has 1 N–H and O–H groups in total. The number of nitrogens with zero attached hydrogens (tertiary/aromatic N) is 2. The molecule has 0 fully saturated rings. The van der Waals surface area contributed by atoms with E-state index < -0.39 is 6.09 Å². The minimum atomic E-state index is -0.412. The maximum Gasteiger partial charge on any atom is 0.407 e. The summed E-state index contributed by atoms with van der Waals surface area (Å²) < 4.78 is 6.56. The second-order valence-electron chi connectivity index (χ2n) is 7.49. The number of alkyl carbamates (subject to hydrolysis) is 1. The number of carbonyl (C=O) groups excluding carboxylic acids is 1. The van der Waals surface area contributed by atoms with Gasteiger partial charge in [0.15, 0.2) is 0 Å². The molecule has 0 aliphatic rings. The van der Waals surface area contributed by atoms with Crippen molar-refractivity contribution in [3.05, 3.63) is 94.8 Å². The van der Waals surface area contributed by atoms with Crippen LogP contribution in [0.1, 0.15) is 25.3 Å². The highest BCUT2D eigenvalue weighted by Gasteiger charge is 2.13. The number of nitrogens with one attached hydrogen (secondary N) is 1. The normalized spacial score (nSPS) is 10.8. The van der Waals surface area contributed by atoms with Crippen LogP contribution in [0.15, 0.2) is 83.7 Å². The number of carbonyl (C=O) groups is 1. The average molecular weight is 428 g/mol. The molecule has 4 aromatic rings. The SMILES string of the molecule is CCCCOC(=O)NCc1ccc(-c2nn(-c3ccccc3)c(=O)c3ccccc23)cc1. The Morgan fingerprint density at radius 2 is 1.62 bits per heavy atom. The smallest absolute Gasteiger partial charge is 0.407 e. The molecule has 0 radical (unpaired) electrons. The molecule has 4 rings (SSSR count). The fourth-order valence-electron chi connectivity index (χ4n) is 3.46. The van der Waals surface area contributed by atoms with E-state index in [1.807, 2.05) is 85.8 Å². The lowest BCUT2D eigenvalue weighted by Gasteiger charge is -2.12. The Kier molecular flexibility index (Phi) is 6.60. The molecule has 6 heteroatoms. The van der Waals surface area contributed by atoms with Gasteiger partial charge in [-0.3, -0.25) is 4.79 Å². The van der Waals surface area contributed by atoms with Gasteiger partial charge in [0.2, 0.25) is 0 Å². The molecule has 0 aliphatic heterocycles. The molecule has 0 saturated carbocycles. The molecular formula is C26H25N3O3. The predicted octanol–water partition coefficient (Wildman–Crippen LogP) is 5.08. The van der Waals surface area contributed by atoms with Crippen LogP contribution in [0.25, 0.3) is 27.7 Å². The van der Waals surface area contributed by atoms with Crippen molar-refractivity contribution < 1.29 is 9.53 Å². The van der Waals surface area contributed by atoms with Crippen LogP contribution in [0, 0.1) is 0 Å². The molecule has 1 aromatic heterocycles. The van der Waals surface area contributed by atoms with Gasteiger partial charge in [-0.2, -0.15) is 9.78 Å². The number of rotatable bonds is 7. The van der Waals surface area contributed by atoms with Crippen LogP contribution in [0.2, 0.25) is 0 Å². The molecule has 32 heavy (non-hydrogen) atoms. The number of aromatic nitrogens is 2. The maximum absolute atomic E-state index is 13.1. The van der Waals surface area contributed by atoms with Gasteiger partial charge in [0, 0.05) is 17.5 Å². The van der Waals surface area contributed by atoms with Crippen LogP contribution >= 0.6 is 0 Å². The van der Waals surface area contributed by atoms with Crippen molar-refractivity contribution in [1.82, 2.24) is 15.1 Å². The second-order valence-corrected chi connectivity index (χ2v) is 7.49. The summed E-state index contributed by atoms with van der Waals surface area (Å²) in [6.45, 7) is 2.85. The number of amides is 1. The zero-order valence-corrected chi connectivity index (χ0v) is 18.0. The summed E-state index contributed by atoms with van der Waals surface area (Å²) in [6.07, 6.45) is 1.42. The lowest BCUT2D eigenvalue weighted by atomic mass is 10.0. The number of ether oxygens (including phenoxy) is 1. The summed E-state index contributed by atoms with van der Waals surface area (Å²) in [4.78, 5) is 24.8. The van der Waals surface area contributed by atoms with Gasteiger partial charge in [-0.25, -0.2) is 4.79 Å². The van der Waals surface area contributed by atoms with E-state index in [0.717, 1.165) is 35.0 Å². The van der Waals surface area contributed by atoms with Crippen molar-refractivity contribution in [3.63, 3.8) is 0 Å². The van der Waals surface area contributed by atoms with Crippen molar-refractivity contribution in [1.29, 1.82) is 0 Å². The molecule has 1 amide bonds. The van der Waals surface area contributed by atoms with Gasteiger partial charge >= 0.3 is 6.09 Å². The third-order valence-corrected chi connectivity index (χ3v) is 5.20. The van der Waals surface area contributed by atoms with Crippen LogP contribution in [0.5, 0.6) is 0 Å². The van der Waals surface area contributed by atoms with E-state index in [1.54, 1.807) is 0 Å². The summed E-state index contributed by atoms with van der Waals surface area (Å²) in [6, 6.07) is 24.7. The highest BCUT2D eigenvalue weighted by atomic mass is 16.5. The Hall–Kier alpha value is -3.93. The third kappa shape index (κ3) is 4.70. The first-order valence-electron chi connectivity index (χ1n) is 10.7. The Labute approximate surface area is 186 Å². The average Bonchev–Trinajstić information content (AvgIpc) is 2.84. The van der Waals surface area contributed by atoms with Crippen molar-refractivity contribution in [2.45, 2.75) is 26.3 Å². The van der Waals surface area contributed by atoms with E-state index in [2.05, 4.69) is 5.32 Å². The molecule has 6 nitrogen and oxygen atoms in total. The van der Waals surface area contributed by atoms with Crippen molar-refractivity contribution >= 4 is 16.9 Å². The van der Waals surface area contributed by atoms with E-state index in [0.29, 0.717) is 24.2 Å². The van der Waals surface area contributed by atoms with Crippen LogP contribution < -0.4 is 10.9 Å². The molecular weight excluding hydrogens is 402 g/mol. The van der Waals surface area contributed by atoms with Crippen LogP contribution in [-0.4, -0.2) is 22.5 Å². The van der Waals surface area contributed by atoms with Crippen molar-refractivity contribution in [2.75, 3.05) is 6.61 Å². The Bertz CT molecular complexity index is 1270. The van der Waals surface area contributed by atoms with E-state index in [-0.39, 0.29) is 5.56 Å². The van der Waals surface area contributed by atoms with Crippen LogP contribution in [0.3, 0.4) is 0 Å². The van der Waals surface area contributed by atoms with E-state index in [1.165, 1.54) is 4.68 Å². The summed E-state index contributed by atoms with van der Waals surface area (Å²) in [7, 11) is 0. The Morgan fingerprint density at radius 1 is 0.938 bits per heavy atom. The lowest BCUT2D eigenvalue weighted by Crippen LogP contribution is -2.24. The van der Waals surface area contributed by atoms with Crippen molar-refractivity contribution in [2.24, 2.45) is 0 Å². The highest BCUT2D eigenvalue weighted by Crippen LogP contribution is 2.25. The van der Waals surface area contributed by atoms with E-state index in [9.17, 15) is 9.59 Å². The number of hydrogen-bond acceptors (Lipinski definition) is 4. The standard InChI is InChI=1S/C26H25N3O3/c1-2-3-17-32-26(31)27-18-19-13-15-20(16-14-19)24-22-11-7-8-12-23(22)25(30)29(28-24)21-9-5-4-6-10-21/h4-16H,2-3,17-18H2,1H3,(H,27,31). The molecule has 1 heterocycles. The van der Waals surface area contributed by atoms with Gasteiger partial charge in [0.25, 0.3) is 5.56 Å². The Morgan fingerprint density at radius 3 is 2.34 bits per heavy atom. The summed E-state index contributed by atoms with van der Waals surface area (Å²) in [5, 5.41) is 8.88. The van der Waals surface area contributed by atoms with Gasteiger partial charge in [0.1, 0.15) is 0 Å². The predicted molar refractivity (Wildman–Crippen MR) is 126 cm³/mol. The van der Waals surface area contributed by atoms with Gasteiger partial charge in [-0.05, 0) is 30.2 Å². The number of fused-ring (bicyclic) bond motifs is 1. The minimum Gasteiger partial charge on any atom is -0.450 e. The fraction of sp³-hybridized carbons (Fsp3) is 0.192. The van der Waals surface area contributed by atoms with Gasteiger partial charge in [-0.1, -0.05) is 74.0 Å². The molecule has 0 atom stereocenters. The molecule has 0 unspecified atom stereocenters. The van der Waals surface area contributed by atoms with E-state index >= 15 is 0 Å². The Balaban J connectivity index is 1.63. The number of para-hydroxylation sites is 1. The third-order valence-electron chi connectivity index (χ3n) is 5.20. The maximum atomic E-state index is 13.1. The van der Waals surface area contributed by atoms with E-state index in [4.69, 9.17) is 9.84 Å². The second kappa shape index (κ2) is 9.92. The number of hydrogen-bond donors (Lipinski definition) is 1. The molecule has 0 spiro atoms. The zero-order chi connectivity index (χ0) is 22.3. The molecule has 0 saturated heterocycles. The molecule has 162 valence electrons. The fourth-order valence-corrected chi connectivity index (χ4v) is 3.46. The quantitative estimate of drug-likeness (QED) is 0.418. The van der Waals surface area contributed by atoms with Gasteiger partial charge in [0.05, 0.1) is 23.4 Å². The largest absolute Gasteiger partial charge is 0.450 e. The lowest BCUT2D eigenvalue weighted by molar-refractivity contribution is 0.144. The summed E-state index contributed by atoms with van der Waals surface area (Å²) >= 11 is 0. The van der Waals surface area contributed by atoms with Gasteiger partial charge in [-0.15, -0.1) is 0 Å². The van der Waals surface area contributed by atoms with Crippen molar-refractivity contribution in [3.8, 4) is 16.9 Å². The number of unbranched alkanes of at least 4 members (excludes halogenated alkanes) is 1. The summed E-state index contributed by atoms with van der Waals surface area (Å²) in [5.74, 6) is 0. The minimum absolute atomic E-state index is 0.155. The monoisotopic (exact) mass is 427 g/mol. The zero-order valence-electron chi connectivity index (χ0n) is 18.0. The van der Waals surface area contributed by atoms with Gasteiger partial charge < -0.3 is 10.1 Å². The topological polar surface area (TPSA) is 73.2 Å². The molecule has 0 bridgehead atoms. The van der Waals surface area contributed by atoms with Crippen LogP contribution in [-0.2, 0) is 11.3 Å².